The van der Waals surface area contributed by atoms with Crippen LogP contribution in [0.2, 0.25) is 0 Å². The minimum atomic E-state index is -0.941. The Bertz CT molecular complexity index is 1190. The zero-order valence-corrected chi connectivity index (χ0v) is 19.0. The maximum Gasteiger partial charge on any atom is 0.266 e. The van der Waals surface area contributed by atoms with Crippen LogP contribution < -0.4 is 24.2 Å². The number of hydroxylamine groups is 1. The van der Waals surface area contributed by atoms with E-state index in [2.05, 4.69) is 0 Å². The van der Waals surface area contributed by atoms with E-state index < -0.39 is 24.0 Å². The van der Waals surface area contributed by atoms with E-state index in [1.54, 1.807) is 50.7 Å². The summed E-state index contributed by atoms with van der Waals surface area (Å²) in [5.41, 5.74) is 2.03. The molecule has 8 nitrogen and oxygen atoms in total. The maximum atomic E-state index is 13.7. The summed E-state index contributed by atoms with van der Waals surface area (Å²) in [4.78, 5) is 34.4. The van der Waals surface area contributed by atoms with Crippen LogP contribution in [0.15, 0.2) is 72.8 Å². The fourth-order valence-electron chi connectivity index (χ4n) is 4.49. The number of carbonyl (C=O) groups excluding carboxylic acids is 2. The van der Waals surface area contributed by atoms with Gasteiger partial charge in [0.05, 0.1) is 38.7 Å². The number of ether oxygens (including phenoxy) is 3. The molecular formula is C26H24N2O6. The number of benzene rings is 3. The molecule has 3 aromatic rings. The lowest BCUT2D eigenvalue weighted by Crippen LogP contribution is -2.37. The maximum absolute atomic E-state index is 13.7. The number of nitrogens with zero attached hydrogens (tertiary/aromatic N) is 2. The van der Waals surface area contributed by atoms with Crippen LogP contribution in [0.1, 0.15) is 11.6 Å². The standard InChI is InChI=1S/C26H24N2O6/c1-31-19-10-4-16(5-11-19)23-22-24(34-28(23)18-8-14-21(33-3)15-9-18)26(30)27(25(22)29)17-6-12-20(32-2)13-7-17/h4-15,22-24H,1-3H3/t22-,23+,24+/m0/s1. The first kappa shape index (κ1) is 21.8. The van der Waals surface area contributed by atoms with Gasteiger partial charge in [0.2, 0.25) is 5.91 Å². The van der Waals surface area contributed by atoms with E-state index in [1.807, 2.05) is 48.5 Å². The first-order valence-corrected chi connectivity index (χ1v) is 10.8. The fraction of sp³-hybridized carbons (Fsp3) is 0.231. The van der Waals surface area contributed by atoms with E-state index in [0.717, 1.165) is 5.56 Å². The van der Waals surface area contributed by atoms with Crippen LogP contribution in [0.3, 0.4) is 0 Å². The molecule has 0 radical (unpaired) electrons. The van der Waals surface area contributed by atoms with Crippen LogP contribution in [0.4, 0.5) is 11.4 Å². The molecule has 0 N–H and O–H groups in total. The number of anilines is 2. The third-order valence-electron chi connectivity index (χ3n) is 6.23. The Kier molecular flexibility index (Phi) is 5.59. The number of amides is 2. The molecule has 2 amide bonds. The predicted octanol–water partition coefficient (Wildman–Crippen LogP) is 3.76. The summed E-state index contributed by atoms with van der Waals surface area (Å²) < 4.78 is 15.7. The van der Waals surface area contributed by atoms with Crippen LogP contribution in [0.5, 0.6) is 17.2 Å². The predicted molar refractivity (Wildman–Crippen MR) is 125 cm³/mol. The summed E-state index contributed by atoms with van der Waals surface area (Å²) in [7, 11) is 4.75. The van der Waals surface area contributed by atoms with Crippen LogP contribution >= 0.6 is 0 Å². The van der Waals surface area contributed by atoms with Crippen LogP contribution in [0, 0.1) is 5.92 Å². The minimum absolute atomic E-state index is 0.308. The summed E-state index contributed by atoms with van der Waals surface area (Å²) in [5, 5.41) is 1.65. The van der Waals surface area contributed by atoms with Crippen LogP contribution in [-0.4, -0.2) is 39.2 Å². The van der Waals surface area contributed by atoms with Gasteiger partial charge < -0.3 is 14.2 Å². The average Bonchev–Trinajstić information content (AvgIpc) is 3.40. The number of hydrogen-bond donors (Lipinski definition) is 0. The molecule has 34 heavy (non-hydrogen) atoms. The van der Waals surface area contributed by atoms with Gasteiger partial charge in [0, 0.05) is 0 Å². The minimum Gasteiger partial charge on any atom is -0.497 e. The molecule has 174 valence electrons. The molecule has 3 aromatic carbocycles. The van der Waals surface area contributed by atoms with Gasteiger partial charge in [0.25, 0.3) is 5.91 Å². The second kappa shape index (κ2) is 8.72. The zero-order valence-electron chi connectivity index (χ0n) is 19.0. The second-order valence-electron chi connectivity index (χ2n) is 8.00. The monoisotopic (exact) mass is 460 g/mol. The van der Waals surface area contributed by atoms with Gasteiger partial charge in [-0.15, -0.1) is 0 Å². The van der Waals surface area contributed by atoms with E-state index in [1.165, 1.54) is 4.90 Å². The highest BCUT2D eigenvalue weighted by atomic mass is 16.7. The highest BCUT2D eigenvalue weighted by molar-refractivity contribution is 6.23. The third kappa shape index (κ3) is 3.52. The van der Waals surface area contributed by atoms with E-state index in [4.69, 9.17) is 19.0 Å². The smallest absolute Gasteiger partial charge is 0.266 e. The molecule has 2 fully saturated rings. The Morgan fingerprint density at radius 2 is 1.12 bits per heavy atom. The molecule has 8 heteroatoms. The lowest BCUT2D eigenvalue weighted by atomic mass is 9.90. The topological polar surface area (TPSA) is 77.5 Å². The molecular weight excluding hydrogens is 436 g/mol. The molecule has 2 saturated heterocycles. The third-order valence-corrected chi connectivity index (χ3v) is 6.23. The van der Waals surface area contributed by atoms with Crippen LogP contribution in [0.25, 0.3) is 0 Å². The number of imide groups is 1. The van der Waals surface area contributed by atoms with Gasteiger partial charge in [-0.3, -0.25) is 14.4 Å². The van der Waals surface area contributed by atoms with Crippen molar-refractivity contribution in [1.29, 1.82) is 0 Å². The van der Waals surface area contributed by atoms with Crippen LogP contribution in [-0.2, 0) is 14.4 Å². The van der Waals surface area contributed by atoms with E-state index in [9.17, 15) is 9.59 Å². The highest BCUT2D eigenvalue weighted by Gasteiger charge is 2.60. The number of methoxy groups -OCH3 is 3. The number of rotatable bonds is 6. The second-order valence-corrected chi connectivity index (χ2v) is 8.00. The lowest BCUT2D eigenvalue weighted by molar-refractivity contribution is -0.126. The molecule has 5 rings (SSSR count). The molecule has 0 aromatic heterocycles. The van der Waals surface area contributed by atoms with Crippen molar-refractivity contribution in [2.75, 3.05) is 31.3 Å². The van der Waals surface area contributed by atoms with Crippen molar-refractivity contribution in [3.63, 3.8) is 0 Å². The summed E-state index contributed by atoms with van der Waals surface area (Å²) >= 11 is 0. The molecule has 2 aliphatic heterocycles. The Hall–Kier alpha value is -4.04. The molecule has 2 aliphatic rings. The number of fused-ring (bicyclic) bond motifs is 1. The Labute approximate surface area is 197 Å². The first-order chi connectivity index (χ1) is 16.5. The van der Waals surface area contributed by atoms with Crippen molar-refractivity contribution >= 4 is 23.2 Å². The molecule has 3 atom stereocenters. The van der Waals surface area contributed by atoms with Crippen molar-refractivity contribution in [3.8, 4) is 17.2 Å². The number of hydrogen-bond acceptors (Lipinski definition) is 7. The van der Waals surface area contributed by atoms with Crippen molar-refractivity contribution in [3.05, 3.63) is 78.4 Å². The SMILES string of the molecule is COc1ccc([C@@H]2[C@@H]3C(=O)N(c4ccc(OC)cc4)C(=O)[C@@H]3ON2c2ccc(OC)cc2)cc1. The first-order valence-electron chi connectivity index (χ1n) is 10.8. The van der Waals surface area contributed by atoms with Gasteiger partial charge >= 0.3 is 0 Å². The summed E-state index contributed by atoms with van der Waals surface area (Å²) in [6.45, 7) is 0. The zero-order chi connectivity index (χ0) is 23.8. The molecule has 2 heterocycles. The molecule has 0 bridgehead atoms. The van der Waals surface area contributed by atoms with Gasteiger partial charge in [-0.05, 0) is 66.2 Å². The van der Waals surface area contributed by atoms with Gasteiger partial charge in [0.15, 0.2) is 6.10 Å². The van der Waals surface area contributed by atoms with Crippen molar-refractivity contribution in [1.82, 2.24) is 0 Å². The van der Waals surface area contributed by atoms with Crippen molar-refractivity contribution in [2.24, 2.45) is 5.92 Å². The van der Waals surface area contributed by atoms with Crippen molar-refractivity contribution < 1.29 is 28.6 Å². The Balaban J connectivity index is 1.54. The van der Waals surface area contributed by atoms with Crippen molar-refractivity contribution in [2.45, 2.75) is 12.1 Å². The van der Waals surface area contributed by atoms with E-state index in [0.29, 0.717) is 28.6 Å². The van der Waals surface area contributed by atoms with Gasteiger partial charge in [-0.25, -0.2) is 9.96 Å². The molecule has 0 unspecified atom stereocenters. The average molecular weight is 460 g/mol. The normalized spacial score (nSPS) is 21.6. The quantitative estimate of drug-likeness (QED) is 0.519. The summed E-state index contributed by atoms with van der Waals surface area (Å²) in [6.07, 6.45) is -0.941. The summed E-state index contributed by atoms with van der Waals surface area (Å²) in [6, 6.07) is 21.1. The Morgan fingerprint density at radius 1 is 0.647 bits per heavy atom. The highest BCUT2D eigenvalue weighted by Crippen LogP contribution is 2.48. The van der Waals surface area contributed by atoms with Gasteiger partial charge in [-0.1, -0.05) is 12.1 Å². The van der Waals surface area contributed by atoms with Gasteiger partial charge in [0.1, 0.15) is 23.2 Å². The molecule has 0 aliphatic carbocycles. The number of carbonyl (C=O) groups is 2. The van der Waals surface area contributed by atoms with Gasteiger partial charge in [-0.2, -0.15) is 0 Å². The fourth-order valence-corrected chi connectivity index (χ4v) is 4.49. The largest absolute Gasteiger partial charge is 0.497 e. The lowest BCUT2D eigenvalue weighted by Gasteiger charge is -2.29. The molecule has 0 saturated carbocycles. The molecule has 0 spiro atoms. The summed E-state index contributed by atoms with van der Waals surface area (Å²) in [5.74, 6) is 0.615. The Morgan fingerprint density at radius 3 is 1.62 bits per heavy atom. The van der Waals surface area contributed by atoms with E-state index >= 15 is 0 Å². The van der Waals surface area contributed by atoms with E-state index in [-0.39, 0.29) is 5.91 Å².